The summed E-state index contributed by atoms with van der Waals surface area (Å²) in [5, 5.41) is 17.1. The highest BCUT2D eigenvalue weighted by atomic mass is 35.5. The molecule has 2 rings (SSSR count). The van der Waals surface area contributed by atoms with Crippen molar-refractivity contribution in [3.63, 3.8) is 0 Å². The lowest BCUT2D eigenvalue weighted by Crippen LogP contribution is -2.13. The van der Waals surface area contributed by atoms with E-state index in [1.165, 1.54) is 0 Å². The van der Waals surface area contributed by atoms with E-state index >= 15 is 0 Å². The number of nitrogens with zero attached hydrogens (tertiary/aromatic N) is 2. The van der Waals surface area contributed by atoms with Crippen molar-refractivity contribution in [3.8, 4) is 5.75 Å². The molecule has 1 aromatic carbocycles. The number of hydrogen-bond donors (Lipinski definition) is 2. The number of phenols is 1. The SMILES string of the molecule is CC(C)n1ccc(CNCc2cccc(O)c2)n1.Cl. The van der Waals surface area contributed by atoms with Crippen LogP contribution in [0.5, 0.6) is 5.75 Å². The fraction of sp³-hybridized carbons (Fsp3) is 0.357. The van der Waals surface area contributed by atoms with Crippen molar-refractivity contribution in [1.82, 2.24) is 15.1 Å². The lowest BCUT2D eigenvalue weighted by molar-refractivity contribution is 0.474. The van der Waals surface area contributed by atoms with Crippen molar-refractivity contribution in [2.24, 2.45) is 0 Å². The van der Waals surface area contributed by atoms with Crippen LogP contribution in [0.2, 0.25) is 0 Å². The number of hydrogen-bond acceptors (Lipinski definition) is 3. The molecule has 0 bridgehead atoms. The van der Waals surface area contributed by atoms with Gasteiger partial charge in [0, 0.05) is 25.3 Å². The number of phenolic OH excluding ortho intramolecular Hbond substituents is 1. The molecule has 1 aromatic heterocycles. The van der Waals surface area contributed by atoms with Gasteiger partial charge in [0.25, 0.3) is 0 Å². The monoisotopic (exact) mass is 281 g/mol. The number of halogens is 1. The molecule has 0 saturated heterocycles. The minimum Gasteiger partial charge on any atom is -0.508 e. The topological polar surface area (TPSA) is 50.1 Å². The Balaban J connectivity index is 0.00000180. The van der Waals surface area contributed by atoms with E-state index in [2.05, 4.69) is 24.3 Å². The molecule has 0 spiro atoms. The first kappa shape index (κ1) is 15.5. The molecule has 0 unspecified atom stereocenters. The maximum atomic E-state index is 9.35. The fourth-order valence-corrected chi connectivity index (χ4v) is 1.76. The van der Waals surface area contributed by atoms with Gasteiger partial charge in [-0.25, -0.2) is 0 Å². The first-order chi connectivity index (χ1) is 8.65. The average molecular weight is 282 g/mol. The Kier molecular flexibility index (Phi) is 5.86. The summed E-state index contributed by atoms with van der Waals surface area (Å²) in [5.74, 6) is 0.304. The first-order valence-electron chi connectivity index (χ1n) is 6.18. The molecule has 19 heavy (non-hydrogen) atoms. The van der Waals surface area contributed by atoms with E-state index in [9.17, 15) is 5.11 Å². The Morgan fingerprint density at radius 3 is 2.68 bits per heavy atom. The Bertz CT molecular complexity index is 511. The van der Waals surface area contributed by atoms with E-state index in [0.29, 0.717) is 11.8 Å². The zero-order valence-electron chi connectivity index (χ0n) is 11.2. The Labute approximate surface area is 119 Å². The van der Waals surface area contributed by atoms with E-state index < -0.39 is 0 Å². The van der Waals surface area contributed by atoms with Gasteiger partial charge in [-0.2, -0.15) is 5.10 Å². The average Bonchev–Trinajstić information content (AvgIpc) is 2.78. The molecule has 4 nitrogen and oxygen atoms in total. The summed E-state index contributed by atoms with van der Waals surface area (Å²) in [6.07, 6.45) is 2.00. The summed E-state index contributed by atoms with van der Waals surface area (Å²) in [6, 6.07) is 9.69. The van der Waals surface area contributed by atoms with Crippen LogP contribution in [0.3, 0.4) is 0 Å². The zero-order chi connectivity index (χ0) is 13.0. The quantitative estimate of drug-likeness (QED) is 0.886. The standard InChI is InChI=1S/C14H19N3O.ClH/c1-11(2)17-7-6-13(16-17)10-15-9-12-4-3-5-14(18)8-12;/h3-8,11,15,18H,9-10H2,1-2H3;1H. The number of rotatable bonds is 5. The van der Waals surface area contributed by atoms with E-state index in [0.717, 1.165) is 24.3 Å². The number of nitrogens with one attached hydrogen (secondary N) is 1. The molecule has 0 amide bonds. The summed E-state index contributed by atoms with van der Waals surface area (Å²) in [4.78, 5) is 0. The molecule has 0 saturated carbocycles. The van der Waals surface area contributed by atoms with Gasteiger partial charge in [-0.15, -0.1) is 12.4 Å². The zero-order valence-corrected chi connectivity index (χ0v) is 12.0. The largest absolute Gasteiger partial charge is 0.508 e. The van der Waals surface area contributed by atoms with Crippen LogP contribution >= 0.6 is 12.4 Å². The smallest absolute Gasteiger partial charge is 0.115 e. The van der Waals surface area contributed by atoms with Crippen molar-refractivity contribution in [1.29, 1.82) is 0 Å². The van der Waals surface area contributed by atoms with Gasteiger partial charge in [0.15, 0.2) is 0 Å². The first-order valence-corrected chi connectivity index (χ1v) is 6.18. The Hall–Kier alpha value is -1.52. The highest BCUT2D eigenvalue weighted by Gasteiger charge is 2.01. The van der Waals surface area contributed by atoms with Crippen molar-refractivity contribution in [2.75, 3.05) is 0 Å². The van der Waals surface area contributed by atoms with E-state index in [1.807, 2.05) is 29.1 Å². The molecule has 0 atom stereocenters. The highest BCUT2D eigenvalue weighted by Crippen LogP contribution is 2.10. The number of benzene rings is 1. The molecule has 0 aliphatic heterocycles. The third-order valence-corrected chi connectivity index (χ3v) is 2.74. The molecular weight excluding hydrogens is 262 g/mol. The predicted octanol–water partition coefficient (Wildman–Crippen LogP) is 2.88. The molecule has 2 aromatic rings. The predicted molar refractivity (Wildman–Crippen MR) is 78.5 cm³/mol. The van der Waals surface area contributed by atoms with Crippen molar-refractivity contribution >= 4 is 12.4 Å². The van der Waals surface area contributed by atoms with Gasteiger partial charge >= 0.3 is 0 Å². The Morgan fingerprint density at radius 2 is 2.05 bits per heavy atom. The molecule has 104 valence electrons. The minimum absolute atomic E-state index is 0. The van der Waals surface area contributed by atoms with Gasteiger partial charge < -0.3 is 10.4 Å². The molecule has 0 aliphatic carbocycles. The second-order valence-corrected chi connectivity index (χ2v) is 4.65. The van der Waals surface area contributed by atoms with Crippen LogP contribution in [0.25, 0.3) is 0 Å². The molecule has 2 N–H and O–H groups in total. The fourth-order valence-electron chi connectivity index (χ4n) is 1.76. The normalized spacial score (nSPS) is 10.5. The highest BCUT2D eigenvalue weighted by molar-refractivity contribution is 5.85. The van der Waals surface area contributed by atoms with Crippen molar-refractivity contribution < 1.29 is 5.11 Å². The van der Waals surface area contributed by atoms with E-state index in [1.54, 1.807) is 12.1 Å². The van der Waals surface area contributed by atoms with Gasteiger partial charge in [0.2, 0.25) is 0 Å². The summed E-state index contributed by atoms with van der Waals surface area (Å²) >= 11 is 0. The maximum absolute atomic E-state index is 9.35. The molecule has 0 radical (unpaired) electrons. The molecule has 5 heteroatoms. The second kappa shape index (κ2) is 7.16. The van der Waals surface area contributed by atoms with Crippen molar-refractivity contribution in [2.45, 2.75) is 33.0 Å². The van der Waals surface area contributed by atoms with Crippen LogP contribution in [0.1, 0.15) is 31.1 Å². The van der Waals surface area contributed by atoms with E-state index in [4.69, 9.17) is 0 Å². The van der Waals surface area contributed by atoms with Crippen LogP contribution in [-0.4, -0.2) is 14.9 Å². The van der Waals surface area contributed by atoms with Gasteiger partial charge in [-0.3, -0.25) is 4.68 Å². The second-order valence-electron chi connectivity index (χ2n) is 4.65. The molecular formula is C14H20ClN3O. The van der Waals surface area contributed by atoms with Gasteiger partial charge in [0.1, 0.15) is 5.75 Å². The summed E-state index contributed by atoms with van der Waals surface area (Å²) < 4.78 is 1.95. The van der Waals surface area contributed by atoms with Gasteiger partial charge in [-0.1, -0.05) is 12.1 Å². The lowest BCUT2D eigenvalue weighted by Gasteiger charge is -2.05. The van der Waals surface area contributed by atoms with Gasteiger partial charge in [0.05, 0.1) is 5.69 Å². The van der Waals surface area contributed by atoms with Crippen LogP contribution in [0.4, 0.5) is 0 Å². The van der Waals surface area contributed by atoms with E-state index in [-0.39, 0.29) is 12.4 Å². The van der Waals surface area contributed by atoms with Crippen molar-refractivity contribution in [3.05, 3.63) is 47.8 Å². The van der Waals surface area contributed by atoms with Gasteiger partial charge in [-0.05, 0) is 37.6 Å². The third kappa shape index (κ3) is 4.58. The summed E-state index contributed by atoms with van der Waals surface area (Å²) in [5.41, 5.74) is 2.10. The van der Waals surface area contributed by atoms with Crippen LogP contribution < -0.4 is 5.32 Å². The Morgan fingerprint density at radius 1 is 1.26 bits per heavy atom. The van der Waals surface area contributed by atoms with Crippen LogP contribution in [0.15, 0.2) is 36.5 Å². The molecule has 0 aliphatic rings. The van der Waals surface area contributed by atoms with Crippen LogP contribution in [0, 0.1) is 0 Å². The van der Waals surface area contributed by atoms with Crippen LogP contribution in [-0.2, 0) is 13.1 Å². The number of aromatic nitrogens is 2. The maximum Gasteiger partial charge on any atom is 0.115 e. The molecule has 1 heterocycles. The summed E-state index contributed by atoms with van der Waals surface area (Å²) in [6.45, 7) is 5.67. The third-order valence-electron chi connectivity index (χ3n) is 2.74. The number of aromatic hydroxyl groups is 1. The minimum atomic E-state index is 0. The molecule has 0 fully saturated rings. The lowest BCUT2D eigenvalue weighted by atomic mass is 10.2. The summed E-state index contributed by atoms with van der Waals surface area (Å²) in [7, 11) is 0.